The first-order valence-electron chi connectivity index (χ1n) is 9.22. The van der Waals surface area contributed by atoms with E-state index in [4.69, 9.17) is 10.7 Å². The number of nitrogens with zero attached hydrogens (tertiary/aromatic N) is 4. The molecule has 0 atom stereocenters. The number of urea groups is 1. The van der Waals surface area contributed by atoms with Crippen molar-refractivity contribution in [1.29, 1.82) is 5.26 Å². The molecule has 2 amide bonds. The zero-order chi connectivity index (χ0) is 20.4. The molecule has 0 unspecified atom stereocenters. The Balaban J connectivity index is 1.92. The Labute approximate surface area is 167 Å². The summed E-state index contributed by atoms with van der Waals surface area (Å²) in [6, 6.07) is 14.3. The van der Waals surface area contributed by atoms with E-state index in [1.165, 1.54) is 0 Å². The highest BCUT2D eigenvalue weighted by Crippen LogP contribution is 2.29. The lowest BCUT2D eigenvalue weighted by Gasteiger charge is -2.11. The van der Waals surface area contributed by atoms with Crippen molar-refractivity contribution in [3.05, 3.63) is 54.2 Å². The maximum absolute atomic E-state index is 11.0. The number of aromatic nitrogens is 3. The summed E-state index contributed by atoms with van der Waals surface area (Å²) in [5.74, 6) is 0.674. The highest BCUT2D eigenvalue weighted by Gasteiger charge is 2.15. The molecular weight excluding hydrogens is 366 g/mol. The van der Waals surface area contributed by atoms with Gasteiger partial charge >= 0.3 is 6.03 Å². The highest BCUT2D eigenvalue weighted by atomic mass is 16.2. The molecule has 29 heavy (non-hydrogen) atoms. The van der Waals surface area contributed by atoms with Crippen LogP contribution in [-0.2, 0) is 0 Å². The number of rotatable bonds is 5. The Morgan fingerprint density at radius 3 is 2.72 bits per heavy atom. The quantitative estimate of drug-likeness (QED) is 0.483. The number of hydrogen-bond donors (Lipinski definition) is 3. The monoisotopic (exact) mass is 385 g/mol. The molecule has 0 bridgehead atoms. The largest absolute Gasteiger partial charge is 0.367 e. The van der Waals surface area contributed by atoms with E-state index in [0.717, 1.165) is 29.7 Å². The van der Waals surface area contributed by atoms with Crippen LogP contribution >= 0.6 is 0 Å². The molecule has 4 aromatic rings. The minimum absolute atomic E-state index is 0.550. The fraction of sp³-hybridized carbons (Fsp3) is 0.143. The van der Waals surface area contributed by atoms with Crippen LogP contribution in [0.1, 0.15) is 18.9 Å². The summed E-state index contributed by atoms with van der Waals surface area (Å²) in [7, 11) is 0. The number of hydrogen-bond acceptors (Lipinski definition) is 5. The van der Waals surface area contributed by atoms with E-state index in [-0.39, 0.29) is 0 Å². The zero-order valence-electron chi connectivity index (χ0n) is 15.8. The molecule has 8 heteroatoms. The summed E-state index contributed by atoms with van der Waals surface area (Å²) in [4.78, 5) is 20.3. The normalized spacial score (nSPS) is 10.8. The third-order valence-electron chi connectivity index (χ3n) is 4.54. The van der Waals surface area contributed by atoms with Gasteiger partial charge in [-0.3, -0.25) is 4.40 Å². The molecule has 0 aliphatic rings. The molecule has 0 radical (unpaired) electrons. The third kappa shape index (κ3) is 3.41. The Hall–Kier alpha value is -4.12. The van der Waals surface area contributed by atoms with Crippen molar-refractivity contribution >= 4 is 34.2 Å². The SMILES string of the molecule is CCCNc1nc2cc(C#N)ccc2n2c(-c3ccc(NC(N)=O)cc3)cnc12. The van der Waals surface area contributed by atoms with Gasteiger partial charge in [-0.2, -0.15) is 5.26 Å². The Kier molecular flexibility index (Phi) is 4.71. The minimum atomic E-state index is -0.607. The fourth-order valence-corrected chi connectivity index (χ4v) is 3.24. The average Bonchev–Trinajstić information content (AvgIpc) is 3.17. The van der Waals surface area contributed by atoms with Gasteiger partial charge in [0.25, 0.3) is 0 Å². The van der Waals surface area contributed by atoms with E-state index in [0.29, 0.717) is 28.2 Å². The van der Waals surface area contributed by atoms with E-state index < -0.39 is 6.03 Å². The number of carbonyl (C=O) groups is 1. The van der Waals surface area contributed by atoms with E-state index in [2.05, 4.69) is 28.6 Å². The first kappa shape index (κ1) is 18.3. The Morgan fingerprint density at radius 2 is 2.03 bits per heavy atom. The number of fused-ring (bicyclic) bond motifs is 3. The highest BCUT2D eigenvalue weighted by molar-refractivity contribution is 5.89. The van der Waals surface area contributed by atoms with Crippen molar-refractivity contribution in [2.24, 2.45) is 5.73 Å². The van der Waals surface area contributed by atoms with E-state index in [1.54, 1.807) is 30.5 Å². The zero-order valence-corrected chi connectivity index (χ0v) is 15.8. The number of primary amides is 1. The Morgan fingerprint density at radius 1 is 1.24 bits per heavy atom. The summed E-state index contributed by atoms with van der Waals surface area (Å²) < 4.78 is 2.03. The van der Waals surface area contributed by atoms with Gasteiger partial charge in [-0.15, -0.1) is 0 Å². The van der Waals surface area contributed by atoms with Gasteiger partial charge in [0.15, 0.2) is 11.5 Å². The van der Waals surface area contributed by atoms with Crippen molar-refractivity contribution < 1.29 is 4.79 Å². The molecule has 0 saturated carbocycles. The van der Waals surface area contributed by atoms with Gasteiger partial charge in [-0.05, 0) is 36.8 Å². The van der Waals surface area contributed by atoms with Crippen molar-refractivity contribution in [2.45, 2.75) is 13.3 Å². The van der Waals surface area contributed by atoms with Crippen LogP contribution in [0.2, 0.25) is 0 Å². The molecule has 144 valence electrons. The lowest BCUT2D eigenvalue weighted by Crippen LogP contribution is -2.19. The molecule has 0 saturated heterocycles. The lowest BCUT2D eigenvalue weighted by molar-refractivity contribution is 0.259. The number of benzene rings is 2. The number of imidazole rings is 1. The van der Waals surface area contributed by atoms with E-state index in [9.17, 15) is 10.1 Å². The first-order chi connectivity index (χ1) is 14.1. The van der Waals surface area contributed by atoms with Gasteiger partial charge in [-0.25, -0.2) is 14.8 Å². The van der Waals surface area contributed by atoms with Crippen LogP contribution in [0.5, 0.6) is 0 Å². The predicted molar refractivity (Wildman–Crippen MR) is 113 cm³/mol. The van der Waals surface area contributed by atoms with Crippen LogP contribution in [-0.4, -0.2) is 26.9 Å². The van der Waals surface area contributed by atoms with E-state index >= 15 is 0 Å². The molecule has 0 aliphatic carbocycles. The number of anilines is 2. The molecule has 2 aromatic carbocycles. The van der Waals surface area contributed by atoms with Gasteiger partial charge in [0.2, 0.25) is 0 Å². The van der Waals surface area contributed by atoms with Gasteiger partial charge in [0.05, 0.1) is 34.6 Å². The van der Waals surface area contributed by atoms with Crippen molar-refractivity contribution in [3.63, 3.8) is 0 Å². The molecule has 2 heterocycles. The molecule has 0 fully saturated rings. The molecule has 2 aromatic heterocycles. The summed E-state index contributed by atoms with van der Waals surface area (Å²) >= 11 is 0. The lowest BCUT2D eigenvalue weighted by atomic mass is 10.1. The third-order valence-corrected chi connectivity index (χ3v) is 4.54. The second kappa shape index (κ2) is 7.48. The minimum Gasteiger partial charge on any atom is -0.367 e. The molecule has 4 N–H and O–H groups in total. The van der Waals surface area contributed by atoms with Gasteiger partial charge in [-0.1, -0.05) is 19.1 Å². The second-order valence-electron chi connectivity index (χ2n) is 6.57. The van der Waals surface area contributed by atoms with Crippen molar-refractivity contribution in [1.82, 2.24) is 14.4 Å². The standard InChI is InChI=1S/C21H19N7O/c1-2-9-24-19-20-25-12-18(14-4-6-15(7-5-14)26-21(23)29)28(20)17-8-3-13(11-22)10-16(17)27-19/h3-8,10,12H,2,9H2,1H3,(H,24,27)(H3,23,26,29). The average molecular weight is 385 g/mol. The van der Waals surface area contributed by atoms with Crippen LogP contribution in [0.4, 0.5) is 16.3 Å². The predicted octanol–water partition coefficient (Wildman–Crippen LogP) is 3.73. The van der Waals surface area contributed by atoms with Gasteiger partial charge in [0, 0.05) is 17.8 Å². The van der Waals surface area contributed by atoms with Crippen LogP contribution in [0, 0.1) is 11.3 Å². The second-order valence-corrected chi connectivity index (χ2v) is 6.57. The summed E-state index contributed by atoms with van der Waals surface area (Å²) in [6.45, 7) is 2.85. The van der Waals surface area contributed by atoms with Crippen molar-refractivity contribution in [3.8, 4) is 17.3 Å². The number of nitriles is 1. The molecule has 4 rings (SSSR count). The van der Waals surface area contributed by atoms with Crippen LogP contribution in [0.25, 0.3) is 27.9 Å². The van der Waals surface area contributed by atoms with E-state index in [1.807, 2.05) is 22.6 Å². The number of nitrogens with one attached hydrogen (secondary N) is 2. The number of nitrogens with two attached hydrogens (primary N) is 1. The fourth-order valence-electron chi connectivity index (χ4n) is 3.24. The van der Waals surface area contributed by atoms with Gasteiger partial charge < -0.3 is 16.4 Å². The van der Waals surface area contributed by atoms with Crippen molar-refractivity contribution in [2.75, 3.05) is 17.2 Å². The number of amides is 2. The number of carbonyl (C=O) groups excluding carboxylic acids is 1. The maximum Gasteiger partial charge on any atom is 0.316 e. The van der Waals surface area contributed by atoms with Gasteiger partial charge in [0.1, 0.15) is 0 Å². The summed E-state index contributed by atoms with van der Waals surface area (Å²) in [5.41, 5.74) is 10.4. The summed E-state index contributed by atoms with van der Waals surface area (Å²) in [6.07, 6.45) is 2.74. The Bertz CT molecular complexity index is 1250. The smallest absolute Gasteiger partial charge is 0.316 e. The molecular formula is C21H19N7O. The molecule has 0 spiro atoms. The summed E-state index contributed by atoms with van der Waals surface area (Å²) in [5, 5.41) is 15.1. The van der Waals surface area contributed by atoms with Crippen LogP contribution < -0.4 is 16.4 Å². The maximum atomic E-state index is 11.0. The van der Waals surface area contributed by atoms with Crippen LogP contribution in [0.15, 0.2) is 48.7 Å². The molecule has 8 nitrogen and oxygen atoms in total. The topological polar surface area (TPSA) is 121 Å². The van der Waals surface area contributed by atoms with Crippen LogP contribution in [0.3, 0.4) is 0 Å². The molecule has 0 aliphatic heterocycles. The first-order valence-corrected chi connectivity index (χ1v) is 9.22.